The summed E-state index contributed by atoms with van der Waals surface area (Å²) in [7, 11) is 0. The molecule has 0 fully saturated rings. The van der Waals surface area contributed by atoms with Gasteiger partial charge in [0.15, 0.2) is 0 Å². The fourth-order valence-electron chi connectivity index (χ4n) is 0.384. The van der Waals surface area contributed by atoms with E-state index in [0.29, 0.717) is 0 Å². The van der Waals surface area contributed by atoms with Crippen LogP contribution in [-0.4, -0.2) is 28.2 Å². The van der Waals surface area contributed by atoms with E-state index in [0.717, 1.165) is 0 Å². The van der Waals surface area contributed by atoms with Crippen molar-refractivity contribution in [1.82, 2.24) is 5.73 Å². The molecule has 0 bridgehead atoms. The Morgan fingerprint density at radius 3 is 2.20 bits per heavy atom. The van der Waals surface area contributed by atoms with Crippen molar-refractivity contribution < 1.29 is 19.8 Å². The SMILES string of the molecule is [15N][C@@H](CCC(=O)O)C(=O)O. The van der Waals surface area contributed by atoms with Crippen molar-refractivity contribution in [3.8, 4) is 0 Å². The van der Waals surface area contributed by atoms with Crippen molar-refractivity contribution in [2.45, 2.75) is 18.9 Å². The Hall–Kier alpha value is -1.10. The minimum absolute atomic E-state index is 0.245. The van der Waals surface area contributed by atoms with Gasteiger partial charge in [-0.3, -0.25) is 9.59 Å². The molecule has 0 aromatic heterocycles. The molecule has 2 N–H and O–H groups in total. The molecule has 0 aromatic carbocycles. The molecule has 0 heterocycles. The predicted molar refractivity (Wildman–Crippen MR) is 30.4 cm³/mol. The van der Waals surface area contributed by atoms with Gasteiger partial charge in [0.25, 0.3) is 0 Å². The van der Waals surface area contributed by atoms with Crippen LogP contribution in [0.1, 0.15) is 12.8 Å². The number of hydrogen-bond donors (Lipinski definition) is 2. The first-order valence-electron chi connectivity index (χ1n) is 2.66. The first kappa shape index (κ1) is 8.90. The van der Waals surface area contributed by atoms with Crippen LogP contribution in [0.15, 0.2) is 0 Å². The Balaban J connectivity index is 3.49. The fourth-order valence-corrected chi connectivity index (χ4v) is 0.384. The molecule has 5 heteroatoms. The van der Waals surface area contributed by atoms with Gasteiger partial charge in [-0.2, -0.15) is 0 Å². The van der Waals surface area contributed by atoms with E-state index in [-0.39, 0.29) is 12.8 Å². The molecule has 0 aromatic rings. The summed E-state index contributed by atoms with van der Waals surface area (Å²) >= 11 is 0. The van der Waals surface area contributed by atoms with Crippen LogP contribution in [0.5, 0.6) is 0 Å². The van der Waals surface area contributed by atoms with Gasteiger partial charge in [-0.25, -0.2) is 0 Å². The number of nitrogens with zero attached hydrogens (tertiary/aromatic N) is 1. The number of carboxylic acids is 2. The molecule has 0 rings (SSSR count). The van der Waals surface area contributed by atoms with Crippen molar-refractivity contribution in [3.05, 3.63) is 0 Å². The minimum Gasteiger partial charge on any atom is -0.481 e. The number of carboxylic acid groups (broad SMARTS) is 2. The van der Waals surface area contributed by atoms with Crippen molar-refractivity contribution >= 4 is 11.9 Å². The molecule has 0 spiro atoms. The van der Waals surface area contributed by atoms with Crippen molar-refractivity contribution in [3.63, 3.8) is 0 Å². The summed E-state index contributed by atoms with van der Waals surface area (Å²) in [5.41, 5.74) is 8.51. The second-order valence-electron chi connectivity index (χ2n) is 1.79. The zero-order valence-corrected chi connectivity index (χ0v) is 5.15. The van der Waals surface area contributed by atoms with E-state index in [9.17, 15) is 9.59 Å². The van der Waals surface area contributed by atoms with Gasteiger partial charge in [0, 0.05) is 6.42 Å². The summed E-state index contributed by atoms with van der Waals surface area (Å²) in [4.78, 5) is 19.7. The lowest BCUT2D eigenvalue weighted by Gasteiger charge is -1.98. The highest BCUT2D eigenvalue weighted by molar-refractivity contribution is 5.74. The van der Waals surface area contributed by atoms with E-state index < -0.39 is 18.0 Å². The Morgan fingerprint density at radius 1 is 1.40 bits per heavy atom. The van der Waals surface area contributed by atoms with Gasteiger partial charge in [-0.1, -0.05) is 0 Å². The molecular formula is C5H7NO4. The van der Waals surface area contributed by atoms with Gasteiger partial charge in [0.05, 0.1) is 0 Å². The Morgan fingerprint density at radius 2 is 1.90 bits per heavy atom. The normalized spacial score (nSPS) is 12.5. The number of carbonyl (C=O) groups is 2. The molecule has 0 aliphatic carbocycles. The van der Waals surface area contributed by atoms with Gasteiger partial charge < -0.3 is 10.2 Å². The summed E-state index contributed by atoms with van der Waals surface area (Å²) in [6.45, 7) is 0. The van der Waals surface area contributed by atoms with Gasteiger partial charge in [0.2, 0.25) is 0 Å². The molecule has 0 amide bonds. The molecule has 0 aliphatic heterocycles. The van der Waals surface area contributed by atoms with Crippen molar-refractivity contribution in [1.29, 1.82) is 0 Å². The van der Waals surface area contributed by atoms with Gasteiger partial charge >= 0.3 is 11.9 Å². The fraction of sp³-hybridized carbons (Fsp3) is 0.600. The van der Waals surface area contributed by atoms with Crippen molar-refractivity contribution in [2.75, 3.05) is 0 Å². The monoisotopic (exact) mass is 146 g/mol. The van der Waals surface area contributed by atoms with E-state index >= 15 is 0 Å². The van der Waals surface area contributed by atoms with Crippen LogP contribution >= 0.6 is 0 Å². The van der Waals surface area contributed by atoms with Crippen LogP contribution in [0, 0.1) is 0 Å². The molecule has 0 aliphatic rings. The van der Waals surface area contributed by atoms with E-state index in [1.54, 1.807) is 0 Å². The third-order valence-corrected chi connectivity index (χ3v) is 0.917. The average Bonchev–Trinajstić information content (AvgIpc) is 1.82. The van der Waals surface area contributed by atoms with Gasteiger partial charge in [-0.15, -0.1) is 5.73 Å². The van der Waals surface area contributed by atoms with E-state index in [1.165, 1.54) is 0 Å². The maximum Gasteiger partial charge on any atom is 0.324 e. The second-order valence-corrected chi connectivity index (χ2v) is 1.79. The first-order chi connectivity index (χ1) is 4.54. The first-order valence-corrected chi connectivity index (χ1v) is 2.66. The number of aliphatic carboxylic acids is 2. The molecule has 10 heavy (non-hydrogen) atoms. The third-order valence-electron chi connectivity index (χ3n) is 0.917. The number of rotatable bonds is 4. The molecule has 1 atom stereocenters. The Labute approximate surface area is 57.5 Å². The number of hydrogen-bond acceptors (Lipinski definition) is 2. The largest absolute Gasteiger partial charge is 0.481 e. The Bertz CT molecular complexity index is 145. The molecule has 0 unspecified atom stereocenters. The van der Waals surface area contributed by atoms with E-state index in [2.05, 4.69) is 0 Å². The Kier molecular flexibility index (Phi) is 3.42. The molecular weight excluding hydrogens is 139 g/mol. The lowest BCUT2D eigenvalue weighted by atomic mass is 10.2. The molecule has 2 radical (unpaired) electrons. The summed E-state index contributed by atoms with van der Waals surface area (Å²) < 4.78 is 0. The van der Waals surface area contributed by atoms with Crippen LogP contribution in [0.4, 0.5) is 0 Å². The second kappa shape index (κ2) is 3.84. The summed E-state index contributed by atoms with van der Waals surface area (Å²) in [5, 5.41) is 16.1. The van der Waals surface area contributed by atoms with Crippen LogP contribution in [0.3, 0.4) is 0 Å². The third kappa shape index (κ3) is 3.85. The lowest BCUT2D eigenvalue weighted by molar-refractivity contribution is -0.140. The van der Waals surface area contributed by atoms with Gasteiger partial charge in [-0.05, 0) is 6.42 Å². The minimum atomic E-state index is -1.56. The summed E-state index contributed by atoms with van der Waals surface area (Å²) in [5.74, 6) is -2.50. The highest BCUT2D eigenvalue weighted by atomic mass is 16.4. The topological polar surface area (TPSA) is 96.9 Å². The van der Waals surface area contributed by atoms with Crippen LogP contribution in [-0.2, 0) is 9.59 Å². The predicted octanol–water partition coefficient (Wildman–Crippen LogP) is -0.627. The molecule has 5 nitrogen and oxygen atoms in total. The highest BCUT2D eigenvalue weighted by Gasteiger charge is 2.14. The summed E-state index contributed by atoms with van der Waals surface area (Å²) in [6.07, 6.45) is -0.571. The maximum atomic E-state index is 9.87. The molecule has 0 saturated carbocycles. The molecule has 56 valence electrons. The summed E-state index contributed by atoms with van der Waals surface area (Å²) in [6, 6.07) is -1.56. The standard InChI is InChI=1S/C5H7NO4/c6-3(5(9)10)1-2-4(7)8/h3H,1-2H2,(H,7,8)(H,9,10)/t3-/m0/s1/i6+1. The lowest BCUT2D eigenvalue weighted by Crippen LogP contribution is -2.22. The quantitative estimate of drug-likeness (QED) is 0.516. The molecule has 0 saturated heterocycles. The van der Waals surface area contributed by atoms with E-state index in [4.69, 9.17) is 15.9 Å². The zero-order chi connectivity index (χ0) is 8.15. The highest BCUT2D eigenvalue weighted by Crippen LogP contribution is 1.95. The van der Waals surface area contributed by atoms with Crippen LogP contribution < -0.4 is 5.73 Å². The van der Waals surface area contributed by atoms with Crippen LogP contribution in [0.25, 0.3) is 0 Å². The smallest absolute Gasteiger partial charge is 0.324 e. The van der Waals surface area contributed by atoms with E-state index in [1.807, 2.05) is 0 Å². The van der Waals surface area contributed by atoms with Gasteiger partial charge in [0.1, 0.15) is 6.04 Å². The van der Waals surface area contributed by atoms with Crippen molar-refractivity contribution in [2.24, 2.45) is 0 Å². The maximum absolute atomic E-state index is 9.87. The average molecular weight is 146 g/mol. The van der Waals surface area contributed by atoms with Crippen LogP contribution in [0.2, 0.25) is 0 Å². The zero-order valence-electron chi connectivity index (χ0n) is 5.15.